The molecule has 3 aromatic heterocycles. The van der Waals surface area contributed by atoms with Gasteiger partial charge in [0.15, 0.2) is 0 Å². The van der Waals surface area contributed by atoms with Crippen molar-refractivity contribution >= 4 is 33.7 Å². The molecule has 0 unspecified atom stereocenters. The molecule has 3 aliphatic heterocycles. The Morgan fingerprint density at radius 1 is 0.390 bits per heavy atom. The van der Waals surface area contributed by atoms with Gasteiger partial charge in [0.1, 0.15) is 0 Å². The summed E-state index contributed by atoms with van der Waals surface area (Å²) in [5.41, 5.74) is 4.18. The second-order valence-corrected chi connectivity index (χ2v) is 15.8. The Morgan fingerprint density at radius 2 is 0.829 bits per heavy atom. The van der Waals surface area contributed by atoms with Crippen molar-refractivity contribution in [3.05, 3.63) is 146 Å². The number of benzene rings is 4. The first-order valence-electron chi connectivity index (χ1n) is 13.9. The fourth-order valence-electron chi connectivity index (χ4n) is 7.87. The molecule has 0 aliphatic carbocycles. The van der Waals surface area contributed by atoms with Gasteiger partial charge >= 0.3 is 236 Å². The molecule has 0 amide bonds. The van der Waals surface area contributed by atoms with E-state index in [1.54, 1.807) is 0 Å². The maximum absolute atomic E-state index is 8.02. The number of pyridine rings is 3. The molecule has 7 aromatic rings. The van der Waals surface area contributed by atoms with Crippen molar-refractivity contribution < 1.29 is 22.1 Å². The molecule has 5 nitrogen and oxygen atoms in total. The topological polar surface area (TPSA) is 30.1 Å². The van der Waals surface area contributed by atoms with Crippen LogP contribution in [0.25, 0.3) is 44.3 Å². The Balaban J connectivity index is 1.56. The zero-order valence-corrected chi connectivity index (χ0v) is 22.9. The predicted molar refractivity (Wildman–Crippen MR) is 160 cm³/mol. The van der Waals surface area contributed by atoms with Crippen molar-refractivity contribution in [3.8, 4) is 34.3 Å². The second-order valence-electron chi connectivity index (χ2n) is 11.1. The van der Waals surface area contributed by atoms with Gasteiger partial charge in [-0.1, -0.05) is 0 Å². The molecule has 3 aliphatic rings. The molecule has 1 spiro atoms. The molecule has 0 bridgehead atoms. The molecule has 0 fully saturated rings. The van der Waals surface area contributed by atoms with Crippen LogP contribution in [0.15, 0.2) is 146 Å². The van der Waals surface area contributed by atoms with Crippen molar-refractivity contribution in [2.45, 2.75) is 0 Å². The maximum atomic E-state index is 8.02. The summed E-state index contributed by atoms with van der Waals surface area (Å²) < 4.78 is 23.1. The minimum absolute atomic E-state index is 0.764. The standard InChI is InChI=1S/C35H24N3O2P/c1-2-13-25(14-3-1)41(39-34-28-17-6-4-15-26(28)27-16-5-7-18-29(27)35(34)40-41)36-23-10-8-19-30(36)32-21-12-22-33(38(32)41)31-20-9-11-24-37(31)41/h1-24H/q+2. The first-order chi connectivity index (χ1) is 20.2. The van der Waals surface area contributed by atoms with Gasteiger partial charge in [-0.3, -0.25) is 0 Å². The fraction of sp³-hybridized carbons (Fsp3) is 0. The molecule has 41 heavy (non-hydrogen) atoms. The van der Waals surface area contributed by atoms with E-state index in [9.17, 15) is 0 Å². The van der Waals surface area contributed by atoms with E-state index in [2.05, 4.69) is 159 Å². The van der Waals surface area contributed by atoms with Gasteiger partial charge in [-0.05, 0) is 0 Å². The first-order valence-corrected chi connectivity index (χ1v) is 16.3. The molecule has 4 aromatic carbocycles. The molecule has 0 N–H and O–H groups in total. The second kappa shape index (κ2) is 6.60. The molecular weight excluding hydrogens is 525 g/mol. The van der Waals surface area contributed by atoms with Gasteiger partial charge in [0.2, 0.25) is 0 Å². The molecule has 6 heterocycles. The van der Waals surface area contributed by atoms with Gasteiger partial charge in [0.05, 0.1) is 0 Å². The molecular formula is C35H24N3O2P+2. The molecule has 0 atom stereocenters. The van der Waals surface area contributed by atoms with Gasteiger partial charge in [0, 0.05) is 0 Å². The number of rotatable bonds is 1. The van der Waals surface area contributed by atoms with Gasteiger partial charge < -0.3 is 0 Å². The van der Waals surface area contributed by atoms with Crippen LogP contribution in [0, 0.1) is 0 Å². The number of hydrogen-bond donors (Lipinski definition) is 0. The number of fused-ring (bicyclic) bond motifs is 10. The quantitative estimate of drug-likeness (QED) is 0.180. The van der Waals surface area contributed by atoms with E-state index in [1.807, 2.05) is 0 Å². The number of hydrogen-bond acceptors (Lipinski definition) is 2. The van der Waals surface area contributed by atoms with Crippen molar-refractivity contribution in [2.75, 3.05) is 0 Å². The summed E-state index contributed by atoms with van der Waals surface area (Å²) in [6.07, 6.45) is 4.28. The fourth-order valence-corrected chi connectivity index (χ4v) is 15.3. The van der Waals surface area contributed by atoms with Crippen LogP contribution >= 0.6 is 6.85 Å². The molecule has 0 saturated heterocycles. The summed E-state index contributed by atoms with van der Waals surface area (Å²) in [4.78, 5) is 0. The summed E-state index contributed by atoms with van der Waals surface area (Å²) >= 11 is 0. The zero-order valence-electron chi connectivity index (χ0n) is 22.0. The van der Waals surface area contributed by atoms with Crippen LogP contribution in [-0.4, -0.2) is 0 Å². The number of nitrogens with zero attached hydrogens (tertiary/aromatic N) is 3. The van der Waals surface area contributed by atoms with Crippen LogP contribution in [-0.2, 0) is 0 Å². The predicted octanol–water partition coefficient (Wildman–Crippen LogP) is 6.22. The van der Waals surface area contributed by atoms with Crippen LogP contribution < -0.4 is 27.4 Å². The summed E-state index contributed by atoms with van der Waals surface area (Å²) in [5, 5.41) is 5.31. The minimum atomic E-state index is -5.26. The number of aromatic nitrogens is 3. The third-order valence-electron chi connectivity index (χ3n) is 9.31. The average Bonchev–Trinajstić information content (AvgIpc) is 3.61. The van der Waals surface area contributed by atoms with Crippen LogP contribution in [0.2, 0.25) is 0 Å². The Labute approximate surface area is 235 Å². The van der Waals surface area contributed by atoms with Crippen molar-refractivity contribution in [1.82, 2.24) is 0 Å². The summed E-state index contributed by atoms with van der Waals surface area (Å²) in [5.74, 6) is 1.53. The summed E-state index contributed by atoms with van der Waals surface area (Å²) in [6, 6.07) is 46.8. The van der Waals surface area contributed by atoms with E-state index < -0.39 is 6.85 Å². The summed E-state index contributed by atoms with van der Waals surface area (Å²) in [7, 11) is 0. The van der Waals surface area contributed by atoms with E-state index in [0.29, 0.717) is 0 Å². The monoisotopic (exact) mass is 549 g/mol. The average molecular weight is 550 g/mol. The third kappa shape index (κ3) is 1.96. The Bertz CT molecular complexity index is 2200. The van der Waals surface area contributed by atoms with E-state index in [-0.39, 0.29) is 0 Å². The van der Waals surface area contributed by atoms with Crippen LogP contribution in [0.3, 0.4) is 0 Å². The Morgan fingerprint density at radius 3 is 1.37 bits per heavy atom. The van der Waals surface area contributed by atoms with Crippen LogP contribution in [0.5, 0.6) is 11.5 Å². The van der Waals surface area contributed by atoms with Gasteiger partial charge in [0.25, 0.3) is 0 Å². The zero-order chi connectivity index (χ0) is 26.9. The molecule has 194 valence electrons. The van der Waals surface area contributed by atoms with Crippen LogP contribution in [0.1, 0.15) is 0 Å². The van der Waals surface area contributed by atoms with Gasteiger partial charge in [-0.15, -0.1) is 0 Å². The van der Waals surface area contributed by atoms with E-state index in [0.717, 1.165) is 61.1 Å². The molecule has 10 rings (SSSR count). The SMILES string of the molecule is c1ccc([P-]234(Oc5c(c6ccccc6c6ccccc56)O2)[n+]2ccccc2-c2cccc([n+]23)-c2cccc[n+]24)cc1. The van der Waals surface area contributed by atoms with Gasteiger partial charge in [-0.2, -0.15) is 0 Å². The molecule has 0 saturated carbocycles. The van der Waals surface area contributed by atoms with Gasteiger partial charge in [-0.25, -0.2) is 0 Å². The molecule has 0 radical (unpaired) electrons. The Hall–Kier alpha value is -5.12. The first kappa shape index (κ1) is 21.7. The van der Waals surface area contributed by atoms with Crippen LogP contribution in [0.4, 0.5) is 0 Å². The normalized spacial score (nSPS) is 18.6. The summed E-state index contributed by atoms with van der Waals surface area (Å²) in [6.45, 7) is -5.26. The van der Waals surface area contributed by atoms with Crippen molar-refractivity contribution in [1.29, 1.82) is 0 Å². The Kier molecular flexibility index (Phi) is 3.49. The van der Waals surface area contributed by atoms with E-state index in [1.165, 1.54) is 0 Å². The van der Waals surface area contributed by atoms with E-state index >= 15 is 0 Å². The third-order valence-corrected chi connectivity index (χ3v) is 15.8. The molecule has 6 heteroatoms. The van der Waals surface area contributed by atoms with E-state index in [4.69, 9.17) is 9.05 Å². The van der Waals surface area contributed by atoms with Crippen molar-refractivity contribution in [3.63, 3.8) is 0 Å². The van der Waals surface area contributed by atoms with Crippen molar-refractivity contribution in [2.24, 2.45) is 0 Å².